The van der Waals surface area contributed by atoms with Crippen molar-refractivity contribution in [3.8, 4) is 0 Å². The van der Waals surface area contributed by atoms with Crippen molar-refractivity contribution in [3.63, 3.8) is 0 Å². The predicted molar refractivity (Wildman–Crippen MR) is 141 cm³/mol. The molecule has 2 saturated heterocycles. The van der Waals surface area contributed by atoms with Gasteiger partial charge in [0.2, 0.25) is 0 Å². The fourth-order valence-corrected chi connectivity index (χ4v) is 4.43. The average Bonchev–Trinajstić information content (AvgIpc) is 2.77. The van der Waals surface area contributed by atoms with Gasteiger partial charge in [-0.15, -0.1) is 24.0 Å². The molecule has 7 heteroatoms. The Labute approximate surface area is 206 Å². The fraction of sp³-hybridized carbons (Fsp3) is 0.708. The van der Waals surface area contributed by atoms with Crippen molar-refractivity contribution < 1.29 is 4.74 Å². The van der Waals surface area contributed by atoms with E-state index >= 15 is 0 Å². The van der Waals surface area contributed by atoms with E-state index in [1.165, 1.54) is 43.9 Å². The molecule has 1 N–H and O–H groups in total. The van der Waals surface area contributed by atoms with Crippen LogP contribution in [0.25, 0.3) is 0 Å². The Morgan fingerprint density at radius 3 is 2.52 bits per heavy atom. The number of rotatable bonds is 7. The number of hydrogen-bond donors (Lipinski definition) is 1. The maximum Gasteiger partial charge on any atom is 0.194 e. The number of nitrogens with zero attached hydrogens (tertiary/aromatic N) is 4. The smallest absolute Gasteiger partial charge is 0.194 e. The highest BCUT2D eigenvalue weighted by atomic mass is 127. The SMILES string of the molecule is CCNC(=NCC(C)CN1CCN(CC)CC1)N1CCOC(c2ccccc2C)C1.I. The Morgan fingerprint density at radius 1 is 1.13 bits per heavy atom. The standard InChI is InChI=1S/C24H41N5O.HI/c1-5-25-24(26-17-20(3)18-28-13-11-27(6-2)12-14-28)29-15-16-30-23(19-29)22-10-8-7-9-21(22)4;/h7-10,20,23H,5-6,11-19H2,1-4H3,(H,25,26);1H. The van der Waals surface area contributed by atoms with E-state index in [9.17, 15) is 0 Å². The van der Waals surface area contributed by atoms with Gasteiger partial charge in [0.05, 0.1) is 13.2 Å². The molecular weight excluding hydrogens is 501 g/mol. The third-order valence-electron chi connectivity index (χ3n) is 6.27. The van der Waals surface area contributed by atoms with Gasteiger partial charge >= 0.3 is 0 Å². The molecule has 1 aromatic rings. The molecule has 2 atom stereocenters. The zero-order valence-electron chi connectivity index (χ0n) is 19.8. The Balaban J connectivity index is 0.00000341. The highest BCUT2D eigenvalue weighted by molar-refractivity contribution is 14.0. The van der Waals surface area contributed by atoms with Gasteiger partial charge in [-0.1, -0.05) is 38.1 Å². The Bertz CT molecular complexity index is 678. The van der Waals surface area contributed by atoms with Crippen LogP contribution in [0, 0.1) is 12.8 Å². The highest BCUT2D eigenvalue weighted by Crippen LogP contribution is 2.25. The number of aryl methyl sites for hydroxylation is 1. The molecule has 0 radical (unpaired) electrons. The minimum Gasteiger partial charge on any atom is -0.370 e. The summed E-state index contributed by atoms with van der Waals surface area (Å²) in [6, 6.07) is 8.55. The van der Waals surface area contributed by atoms with E-state index in [1.807, 2.05) is 0 Å². The van der Waals surface area contributed by atoms with Crippen LogP contribution in [0.2, 0.25) is 0 Å². The molecule has 2 heterocycles. The third kappa shape index (κ3) is 7.87. The van der Waals surface area contributed by atoms with Crippen LogP contribution >= 0.6 is 24.0 Å². The maximum absolute atomic E-state index is 6.11. The normalized spacial score (nSPS) is 22.1. The second-order valence-electron chi connectivity index (χ2n) is 8.70. The lowest BCUT2D eigenvalue weighted by Gasteiger charge is -2.36. The van der Waals surface area contributed by atoms with Crippen LogP contribution in [0.3, 0.4) is 0 Å². The molecule has 2 fully saturated rings. The van der Waals surface area contributed by atoms with Crippen molar-refractivity contribution in [3.05, 3.63) is 35.4 Å². The molecule has 0 amide bonds. The summed E-state index contributed by atoms with van der Waals surface area (Å²) >= 11 is 0. The second kappa shape index (κ2) is 13.6. The second-order valence-corrected chi connectivity index (χ2v) is 8.70. The first-order chi connectivity index (χ1) is 14.6. The first-order valence-electron chi connectivity index (χ1n) is 11.8. The lowest BCUT2D eigenvalue weighted by atomic mass is 10.0. The van der Waals surface area contributed by atoms with Crippen LogP contribution in [0.5, 0.6) is 0 Å². The van der Waals surface area contributed by atoms with Gasteiger partial charge in [0.25, 0.3) is 0 Å². The van der Waals surface area contributed by atoms with E-state index in [4.69, 9.17) is 9.73 Å². The molecule has 2 unspecified atom stereocenters. The first-order valence-corrected chi connectivity index (χ1v) is 11.8. The summed E-state index contributed by atoms with van der Waals surface area (Å²) in [6.45, 7) is 20.2. The van der Waals surface area contributed by atoms with Crippen molar-refractivity contribution in [2.24, 2.45) is 10.9 Å². The van der Waals surface area contributed by atoms with Gasteiger partial charge in [0.15, 0.2) is 5.96 Å². The zero-order chi connectivity index (χ0) is 21.3. The van der Waals surface area contributed by atoms with E-state index < -0.39 is 0 Å². The van der Waals surface area contributed by atoms with Gasteiger partial charge in [-0.2, -0.15) is 0 Å². The first kappa shape index (κ1) is 26.4. The summed E-state index contributed by atoms with van der Waals surface area (Å²) in [6.07, 6.45) is 0.107. The van der Waals surface area contributed by atoms with Crippen molar-refractivity contribution in [2.45, 2.75) is 33.8 Å². The van der Waals surface area contributed by atoms with E-state index in [1.54, 1.807) is 0 Å². The topological polar surface area (TPSA) is 43.3 Å². The van der Waals surface area contributed by atoms with Crippen molar-refractivity contribution >= 4 is 29.9 Å². The molecule has 0 bridgehead atoms. The van der Waals surface area contributed by atoms with E-state index in [0.717, 1.165) is 45.3 Å². The number of aliphatic imine (C=N–C) groups is 1. The number of likely N-dealkylation sites (N-methyl/N-ethyl adjacent to an activating group) is 1. The van der Waals surface area contributed by atoms with Gasteiger partial charge in [0, 0.05) is 52.4 Å². The summed E-state index contributed by atoms with van der Waals surface area (Å²) in [5.41, 5.74) is 2.58. The lowest BCUT2D eigenvalue weighted by Crippen LogP contribution is -2.49. The van der Waals surface area contributed by atoms with E-state index in [-0.39, 0.29) is 30.1 Å². The molecule has 6 nitrogen and oxygen atoms in total. The molecule has 0 aromatic heterocycles. The van der Waals surface area contributed by atoms with Gasteiger partial charge in [-0.25, -0.2) is 0 Å². The van der Waals surface area contributed by atoms with E-state index in [0.29, 0.717) is 5.92 Å². The van der Waals surface area contributed by atoms with Crippen molar-refractivity contribution in [1.29, 1.82) is 0 Å². The number of morpholine rings is 1. The average molecular weight is 544 g/mol. The molecule has 1 aromatic carbocycles. The molecular formula is C24H42IN5O. The monoisotopic (exact) mass is 543 g/mol. The molecule has 3 rings (SSSR count). The van der Waals surface area contributed by atoms with Crippen LogP contribution in [-0.2, 0) is 4.74 Å². The third-order valence-corrected chi connectivity index (χ3v) is 6.27. The van der Waals surface area contributed by atoms with Crippen LogP contribution in [0.4, 0.5) is 0 Å². The Morgan fingerprint density at radius 2 is 1.84 bits per heavy atom. The van der Waals surface area contributed by atoms with Crippen LogP contribution in [0.15, 0.2) is 29.3 Å². The molecule has 176 valence electrons. The highest BCUT2D eigenvalue weighted by Gasteiger charge is 2.25. The quantitative estimate of drug-likeness (QED) is 0.325. The van der Waals surface area contributed by atoms with Gasteiger partial charge < -0.3 is 24.8 Å². The molecule has 2 aliphatic rings. The minimum absolute atomic E-state index is 0. The summed E-state index contributed by atoms with van der Waals surface area (Å²) in [5.74, 6) is 1.59. The minimum atomic E-state index is 0. The van der Waals surface area contributed by atoms with Gasteiger partial charge in [0.1, 0.15) is 6.10 Å². The van der Waals surface area contributed by atoms with Crippen LogP contribution < -0.4 is 5.32 Å². The largest absolute Gasteiger partial charge is 0.370 e. The summed E-state index contributed by atoms with van der Waals surface area (Å²) in [7, 11) is 0. The van der Waals surface area contributed by atoms with Crippen LogP contribution in [-0.4, -0.2) is 92.7 Å². The molecule has 0 aliphatic carbocycles. The summed E-state index contributed by atoms with van der Waals surface area (Å²) in [5, 5.41) is 3.51. The number of nitrogens with one attached hydrogen (secondary N) is 1. The van der Waals surface area contributed by atoms with Gasteiger partial charge in [-0.05, 0) is 37.4 Å². The van der Waals surface area contributed by atoms with Crippen molar-refractivity contribution in [2.75, 3.05) is 72.1 Å². The number of guanidine groups is 1. The Hall–Kier alpha value is -0.900. The molecule has 0 spiro atoms. The number of piperazine rings is 1. The fourth-order valence-electron chi connectivity index (χ4n) is 4.43. The molecule has 2 aliphatic heterocycles. The van der Waals surface area contributed by atoms with Crippen molar-refractivity contribution in [1.82, 2.24) is 20.0 Å². The number of hydrogen-bond acceptors (Lipinski definition) is 4. The van der Waals surface area contributed by atoms with Crippen LogP contribution in [0.1, 0.15) is 38.0 Å². The number of benzene rings is 1. The summed E-state index contributed by atoms with van der Waals surface area (Å²) in [4.78, 5) is 12.5. The summed E-state index contributed by atoms with van der Waals surface area (Å²) < 4.78 is 6.11. The lowest BCUT2D eigenvalue weighted by molar-refractivity contribution is -0.00835. The Kier molecular flexibility index (Phi) is 11.6. The predicted octanol–water partition coefficient (Wildman–Crippen LogP) is 3.23. The molecule has 31 heavy (non-hydrogen) atoms. The maximum atomic E-state index is 6.11. The zero-order valence-corrected chi connectivity index (χ0v) is 22.2. The number of halogens is 1. The van der Waals surface area contributed by atoms with E-state index in [2.05, 4.69) is 72.0 Å². The number of ether oxygens (including phenoxy) is 1. The molecule has 0 saturated carbocycles. The van der Waals surface area contributed by atoms with Gasteiger partial charge in [-0.3, -0.25) is 4.99 Å².